The number of oxazole rings is 1. The molecule has 0 aliphatic carbocycles. The standard InChI is InChI=1S/C22H25ClN2O3/c1-2-21-24-20(13-28-21)19-9-7-18(8-10-19)17-5-3-16(4-6-17)11-12-22(14-26,15-27)25-23/h3-10,13,25-27H,2,11-12,14-15H2,1H3. The molecule has 0 saturated heterocycles. The van der Waals surface area contributed by atoms with Gasteiger partial charge in [0.05, 0.1) is 18.8 Å². The molecule has 5 nitrogen and oxygen atoms in total. The van der Waals surface area contributed by atoms with Crippen molar-refractivity contribution < 1.29 is 14.6 Å². The minimum atomic E-state index is -0.866. The average Bonchev–Trinajstić information content (AvgIpc) is 3.25. The molecule has 148 valence electrons. The first kappa shape index (κ1) is 20.6. The van der Waals surface area contributed by atoms with Gasteiger partial charge in [0.1, 0.15) is 12.0 Å². The highest BCUT2D eigenvalue weighted by atomic mass is 35.5. The number of nitrogens with zero attached hydrogens (tertiary/aromatic N) is 1. The summed E-state index contributed by atoms with van der Waals surface area (Å²) in [5, 5.41) is 18.9. The van der Waals surface area contributed by atoms with Crippen molar-refractivity contribution in [3.63, 3.8) is 0 Å². The number of halogens is 1. The Morgan fingerprint density at radius 1 is 0.964 bits per heavy atom. The number of benzene rings is 2. The van der Waals surface area contributed by atoms with Crippen molar-refractivity contribution in [2.24, 2.45) is 0 Å². The maximum atomic E-state index is 9.45. The molecule has 1 heterocycles. The Labute approximate surface area is 170 Å². The number of nitrogens with one attached hydrogen (secondary N) is 1. The number of hydrogen-bond acceptors (Lipinski definition) is 5. The number of aryl methyl sites for hydroxylation is 2. The molecular formula is C22H25ClN2O3. The second kappa shape index (κ2) is 9.34. The van der Waals surface area contributed by atoms with Gasteiger partial charge in [-0.1, -0.05) is 55.5 Å². The summed E-state index contributed by atoms with van der Waals surface area (Å²) in [6.07, 6.45) is 3.71. The lowest BCUT2D eigenvalue weighted by Gasteiger charge is -2.27. The zero-order valence-electron chi connectivity index (χ0n) is 15.9. The summed E-state index contributed by atoms with van der Waals surface area (Å²) in [6, 6.07) is 16.5. The highest BCUT2D eigenvalue weighted by Gasteiger charge is 2.27. The third-order valence-electron chi connectivity index (χ3n) is 5.02. The van der Waals surface area contributed by atoms with Crippen LogP contribution in [0.5, 0.6) is 0 Å². The van der Waals surface area contributed by atoms with E-state index in [1.54, 1.807) is 6.26 Å². The van der Waals surface area contributed by atoms with Crippen LogP contribution in [-0.4, -0.2) is 33.9 Å². The Hall–Kier alpha value is -2.18. The Bertz CT molecular complexity index is 863. The van der Waals surface area contributed by atoms with Crippen molar-refractivity contribution in [1.82, 2.24) is 9.82 Å². The lowest BCUT2D eigenvalue weighted by Crippen LogP contribution is -2.47. The van der Waals surface area contributed by atoms with Crippen molar-refractivity contribution in [2.45, 2.75) is 31.7 Å². The molecule has 1 aromatic heterocycles. The van der Waals surface area contributed by atoms with Crippen LogP contribution in [0.2, 0.25) is 0 Å². The SMILES string of the molecule is CCc1nc(-c2ccc(-c3ccc(CCC(CO)(CO)NCl)cc3)cc2)co1. The van der Waals surface area contributed by atoms with Gasteiger partial charge >= 0.3 is 0 Å². The lowest BCUT2D eigenvalue weighted by atomic mass is 9.93. The van der Waals surface area contributed by atoms with Crippen LogP contribution in [-0.2, 0) is 12.8 Å². The van der Waals surface area contributed by atoms with E-state index in [1.807, 2.05) is 19.1 Å². The minimum absolute atomic E-state index is 0.220. The minimum Gasteiger partial charge on any atom is -0.448 e. The predicted molar refractivity (Wildman–Crippen MR) is 111 cm³/mol. The highest BCUT2D eigenvalue weighted by Crippen LogP contribution is 2.25. The first-order valence-corrected chi connectivity index (χ1v) is 9.74. The van der Waals surface area contributed by atoms with Gasteiger partial charge in [0.25, 0.3) is 0 Å². The zero-order valence-corrected chi connectivity index (χ0v) is 16.6. The summed E-state index contributed by atoms with van der Waals surface area (Å²) in [7, 11) is 0. The van der Waals surface area contributed by atoms with E-state index in [1.165, 1.54) is 0 Å². The fourth-order valence-corrected chi connectivity index (χ4v) is 3.22. The number of aromatic nitrogens is 1. The molecule has 0 fully saturated rings. The Morgan fingerprint density at radius 2 is 1.54 bits per heavy atom. The fraction of sp³-hybridized carbons (Fsp3) is 0.318. The van der Waals surface area contributed by atoms with Crippen molar-refractivity contribution in [3.05, 3.63) is 66.2 Å². The average molecular weight is 401 g/mol. The molecule has 2 aromatic carbocycles. The number of rotatable bonds is 9. The monoisotopic (exact) mass is 400 g/mol. The predicted octanol–water partition coefficient (Wildman–Crippen LogP) is 3.97. The van der Waals surface area contributed by atoms with Crippen molar-refractivity contribution in [3.8, 4) is 22.4 Å². The van der Waals surface area contributed by atoms with Crippen LogP contribution in [0, 0.1) is 0 Å². The van der Waals surface area contributed by atoms with Crippen molar-refractivity contribution in [1.29, 1.82) is 0 Å². The molecule has 0 spiro atoms. The van der Waals surface area contributed by atoms with Crippen LogP contribution >= 0.6 is 11.8 Å². The third-order valence-corrected chi connectivity index (χ3v) is 5.42. The van der Waals surface area contributed by atoms with Gasteiger partial charge in [0.2, 0.25) is 0 Å². The fourth-order valence-electron chi connectivity index (χ4n) is 3.00. The Balaban J connectivity index is 1.67. The molecule has 3 rings (SSSR count). The normalized spacial score (nSPS) is 11.7. The van der Waals surface area contributed by atoms with E-state index in [-0.39, 0.29) is 13.2 Å². The van der Waals surface area contributed by atoms with Gasteiger partial charge in [-0.2, -0.15) is 0 Å². The van der Waals surface area contributed by atoms with Gasteiger partial charge in [-0.25, -0.2) is 9.82 Å². The van der Waals surface area contributed by atoms with Crippen LogP contribution < -0.4 is 4.84 Å². The first-order valence-electron chi connectivity index (χ1n) is 9.36. The Morgan fingerprint density at radius 3 is 2.04 bits per heavy atom. The van der Waals surface area contributed by atoms with Crippen LogP contribution in [0.15, 0.2) is 59.2 Å². The van der Waals surface area contributed by atoms with Crippen LogP contribution in [0.3, 0.4) is 0 Å². The van der Waals surface area contributed by atoms with Crippen LogP contribution in [0.4, 0.5) is 0 Å². The molecule has 0 bridgehead atoms. The third kappa shape index (κ3) is 4.62. The first-order chi connectivity index (χ1) is 13.6. The van der Waals surface area contributed by atoms with Gasteiger partial charge < -0.3 is 14.6 Å². The van der Waals surface area contributed by atoms with Crippen LogP contribution in [0.1, 0.15) is 24.8 Å². The van der Waals surface area contributed by atoms with Crippen LogP contribution in [0.25, 0.3) is 22.4 Å². The van der Waals surface area contributed by atoms with E-state index in [2.05, 4.69) is 46.2 Å². The molecule has 3 N–H and O–H groups in total. The lowest BCUT2D eigenvalue weighted by molar-refractivity contribution is 0.103. The van der Waals surface area contributed by atoms with E-state index >= 15 is 0 Å². The number of aliphatic hydroxyl groups excluding tert-OH is 2. The molecule has 0 unspecified atom stereocenters. The summed E-state index contributed by atoms with van der Waals surface area (Å²) in [6.45, 7) is 1.58. The van der Waals surface area contributed by atoms with E-state index in [9.17, 15) is 10.2 Å². The zero-order chi connectivity index (χ0) is 20.0. The molecule has 0 saturated carbocycles. The second-order valence-electron chi connectivity index (χ2n) is 6.95. The van der Waals surface area contributed by atoms with E-state index < -0.39 is 5.54 Å². The van der Waals surface area contributed by atoms with Gasteiger partial charge in [-0.15, -0.1) is 0 Å². The molecule has 0 amide bonds. The summed E-state index contributed by atoms with van der Waals surface area (Å²) >= 11 is 5.68. The maximum absolute atomic E-state index is 9.45. The van der Waals surface area contributed by atoms with E-state index in [4.69, 9.17) is 16.2 Å². The largest absolute Gasteiger partial charge is 0.448 e. The van der Waals surface area contributed by atoms with Crippen molar-refractivity contribution >= 4 is 11.8 Å². The summed E-state index contributed by atoms with van der Waals surface area (Å²) in [5.74, 6) is 0.741. The van der Waals surface area contributed by atoms with Gasteiger partial charge in [0, 0.05) is 12.0 Å². The smallest absolute Gasteiger partial charge is 0.194 e. The maximum Gasteiger partial charge on any atom is 0.194 e. The summed E-state index contributed by atoms with van der Waals surface area (Å²) in [4.78, 5) is 6.96. The summed E-state index contributed by atoms with van der Waals surface area (Å²) < 4.78 is 5.41. The molecular weight excluding hydrogens is 376 g/mol. The van der Waals surface area contributed by atoms with E-state index in [0.717, 1.165) is 40.3 Å². The second-order valence-corrected chi connectivity index (χ2v) is 7.13. The van der Waals surface area contributed by atoms with Gasteiger partial charge in [-0.05, 0) is 41.3 Å². The highest BCUT2D eigenvalue weighted by molar-refractivity contribution is 6.13. The molecule has 6 heteroatoms. The molecule has 3 aromatic rings. The topological polar surface area (TPSA) is 78.5 Å². The molecule has 0 aliphatic heterocycles. The number of hydrogen-bond donors (Lipinski definition) is 3. The molecule has 28 heavy (non-hydrogen) atoms. The molecule has 0 aliphatic rings. The van der Waals surface area contributed by atoms with Crippen molar-refractivity contribution in [2.75, 3.05) is 13.2 Å². The Kier molecular flexibility index (Phi) is 6.86. The van der Waals surface area contributed by atoms with Gasteiger partial charge in [0.15, 0.2) is 5.89 Å². The van der Waals surface area contributed by atoms with E-state index in [0.29, 0.717) is 12.8 Å². The summed E-state index contributed by atoms with van der Waals surface area (Å²) in [5.41, 5.74) is 4.38. The number of aliphatic hydroxyl groups is 2. The molecule has 0 atom stereocenters. The van der Waals surface area contributed by atoms with Gasteiger partial charge in [-0.3, -0.25) is 0 Å². The quantitative estimate of drug-likeness (QED) is 0.474. The molecule has 0 radical (unpaired) electrons.